The Kier molecular flexibility index (Phi) is 4.87. The molecule has 1 aromatic rings. The molecular weight excluding hydrogens is 254 g/mol. The Hall–Kier alpha value is -2.57. The zero-order valence-corrected chi connectivity index (χ0v) is 10.4. The van der Waals surface area contributed by atoms with Crippen molar-refractivity contribution in [3.05, 3.63) is 29.3 Å². The second-order valence-electron chi connectivity index (χ2n) is 3.56. The predicted molar refractivity (Wildman–Crippen MR) is 64.2 cm³/mol. The van der Waals surface area contributed by atoms with E-state index in [1.165, 1.54) is 18.2 Å². The van der Waals surface area contributed by atoms with Crippen LogP contribution >= 0.6 is 0 Å². The highest BCUT2D eigenvalue weighted by molar-refractivity contribution is 5.92. The van der Waals surface area contributed by atoms with E-state index < -0.39 is 24.6 Å². The lowest BCUT2D eigenvalue weighted by molar-refractivity contribution is -0.122. The molecule has 0 spiro atoms. The fraction of sp³-hybridized carbons (Fsp3) is 0.250. The first kappa shape index (κ1) is 14.5. The number of nitrogens with one attached hydrogen (secondary N) is 1. The van der Waals surface area contributed by atoms with Crippen LogP contribution in [-0.2, 0) is 9.53 Å². The summed E-state index contributed by atoms with van der Waals surface area (Å²) in [5.41, 5.74) is 0.492. The van der Waals surface area contributed by atoms with E-state index in [0.29, 0.717) is 5.56 Å². The number of imide groups is 1. The molecule has 0 aromatic heterocycles. The van der Waals surface area contributed by atoms with Crippen LogP contribution in [0.1, 0.15) is 15.9 Å². The molecule has 2 N–H and O–H groups in total. The van der Waals surface area contributed by atoms with Crippen LogP contribution in [0.3, 0.4) is 0 Å². The van der Waals surface area contributed by atoms with Crippen molar-refractivity contribution >= 4 is 18.0 Å². The van der Waals surface area contributed by atoms with E-state index in [-0.39, 0.29) is 11.3 Å². The molecule has 0 aliphatic heterocycles. The fourth-order valence-electron chi connectivity index (χ4n) is 1.35. The highest BCUT2D eigenvalue weighted by Gasteiger charge is 2.13. The number of carboxylic acids is 1. The lowest BCUT2D eigenvalue weighted by Crippen LogP contribution is -2.34. The van der Waals surface area contributed by atoms with E-state index >= 15 is 0 Å². The summed E-state index contributed by atoms with van der Waals surface area (Å²) in [6.07, 6.45) is -0.885. The molecule has 7 heteroatoms. The number of amides is 2. The average Bonchev–Trinajstić information content (AvgIpc) is 2.37. The van der Waals surface area contributed by atoms with Gasteiger partial charge in [-0.25, -0.2) is 9.59 Å². The van der Waals surface area contributed by atoms with Crippen LogP contribution in [0.4, 0.5) is 4.79 Å². The quantitative estimate of drug-likeness (QED) is 0.842. The number of carboxylic acid groups (broad SMARTS) is 1. The number of benzene rings is 1. The van der Waals surface area contributed by atoms with Crippen LogP contribution in [-0.4, -0.2) is 36.8 Å². The third kappa shape index (κ3) is 3.98. The number of rotatable bonds is 4. The van der Waals surface area contributed by atoms with E-state index in [9.17, 15) is 14.4 Å². The lowest BCUT2D eigenvalue weighted by Gasteiger charge is -2.10. The molecule has 0 aliphatic carbocycles. The Morgan fingerprint density at radius 2 is 2.00 bits per heavy atom. The van der Waals surface area contributed by atoms with E-state index in [4.69, 9.17) is 9.84 Å². The molecule has 7 nitrogen and oxygen atoms in total. The summed E-state index contributed by atoms with van der Waals surface area (Å²) in [6, 6.07) is 4.47. The zero-order chi connectivity index (χ0) is 14.4. The van der Waals surface area contributed by atoms with Gasteiger partial charge >= 0.3 is 12.1 Å². The molecule has 2 amide bonds. The van der Waals surface area contributed by atoms with Gasteiger partial charge in [0, 0.05) is 5.56 Å². The number of carbonyl (C=O) groups is 3. The molecule has 0 unspecified atom stereocenters. The molecule has 102 valence electrons. The smallest absolute Gasteiger partial charge is 0.413 e. The first-order valence-electron chi connectivity index (χ1n) is 5.29. The number of aromatic carboxylic acids is 1. The molecule has 0 radical (unpaired) electrons. The summed E-state index contributed by atoms with van der Waals surface area (Å²) in [6.45, 7) is 1.15. The zero-order valence-electron chi connectivity index (χ0n) is 10.4. The van der Waals surface area contributed by atoms with Crippen LogP contribution in [0.25, 0.3) is 0 Å². The second-order valence-corrected chi connectivity index (χ2v) is 3.56. The maximum atomic E-state index is 11.3. The number of ether oxygens (including phenoxy) is 2. The number of alkyl carbamates (subject to hydrolysis) is 1. The molecule has 1 aromatic carbocycles. The molecule has 0 aliphatic rings. The predicted octanol–water partition coefficient (Wildman–Crippen LogP) is 0.955. The minimum Gasteiger partial charge on any atom is -0.483 e. The summed E-state index contributed by atoms with van der Waals surface area (Å²) in [7, 11) is 1.13. The molecule has 0 saturated heterocycles. The van der Waals surface area contributed by atoms with Crippen molar-refractivity contribution in [2.75, 3.05) is 13.7 Å². The van der Waals surface area contributed by atoms with E-state index in [0.717, 1.165) is 7.11 Å². The fourth-order valence-corrected chi connectivity index (χ4v) is 1.35. The largest absolute Gasteiger partial charge is 0.483 e. The SMILES string of the molecule is COC(=O)NC(=O)COc1cccc(C(=O)O)c1C. The minimum atomic E-state index is -1.08. The van der Waals surface area contributed by atoms with Crippen LogP contribution < -0.4 is 10.1 Å². The number of hydrogen-bond donors (Lipinski definition) is 2. The van der Waals surface area contributed by atoms with Crippen molar-refractivity contribution < 1.29 is 29.0 Å². The molecule has 19 heavy (non-hydrogen) atoms. The van der Waals surface area contributed by atoms with Gasteiger partial charge < -0.3 is 14.6 Å². The number of hydrogen-bond acceptors (Lipinski definition) is 5. The van der Waals surface area contributed by atoms with Gasteiger partial charge in [0.2, 0.25) is 0 Å². The highest BCUT2D eigenvalue weighted by atomic mass is 16.5. The summed E-state index contributed by atoms with van der Waals surface area (Å²) < 4.78 is 9.39. The van der Waals surface area contributed by atoms with Crippen LogP contribution in [0.2, 0.25) is 0 Å². The molecule has 0 atom stereocenters. The van der Waals surface area contributed by atoms with Crippen molar-refractivity contribution in [1.29, 1.82) is 0 Å². The monoisotopic (exact) mass is 267 g/mol. The van der Waals surface area contributed by atoms with Gasteiger partial charge in [0.15, 0.2) is 6.61 Å². The van der Waals surface area contributed by atoms with Crippen molar-refractivity contribution in [3.8, 4) is 5.75 Å². The van der Waals surface area contributed by atoms with Gasteiger partial charge in [-0.2, -0.15) is 0 Å². The molecule has 0 fully saturated rings. The van der Waals surface area contributed by atoms with Gasteiger partial charge in [-0.15, -0.1) is 0 Å². The third-order valence-corrected chi connectivity index (χ3v) is 2.30. The average molecular weight is 267 g/mol. The van der Waals surface area contributed by atoms with Gasteiger partial charge in [0.25, 0.3) is 5.91 Å². The van der Waals surface area contributed by atoms with Crippen molar-refractivity contribution in [2.45, 2.75) is 6.92 Å². The lowest BCUT2D eigenvalue weighted by atomic mass is 10.1. The maximum absolute atomic E-state index is 11.3. The molecule has 0 heterocycles. The van der Waals surface area contributed by atoms with E-state index in [2.05, 4.69) is 4.74 Å². The summed E-state index contributed by atoms with van der Waals surface area (Å²) >= 11 is 0. The standard InChI is InChI=1S/C12H13NO6/c1-7-8(11(15)16)4-3-5-9(7)19-6-10(14)13-12(17)18-2/h3-5H,6H2,1-2H3,(H,15,16)(H,13,14,17). The first-order chi connectivity index (χ1) is 8.95. The number of methoxy groups -OCH3 is 1. The molecule has 0 bridgehead atoms. The van der Waals surface area contributed by atoms with Gasteiger partial charge in [-0.3, -0.25) is 10.1 Å². The topological polar surface area (TPSA) is 102 Å². The van der Waals surface area contributed by atoms with Crippen LogP contribution in [0.15, 0.2) is 18.2 Å². The normalized spacial score (nSPS) is 9.58. The van der Waals surface area contributed by atoms with E-state index in [1.807, 2.05) is 5.32 Å². The van der Waals surface area contributed by atoms with Crippen molar-refractivity contribution in [2.24, 2.45) is 0 Å². The molecule has 1 rings (SSSR count). The highest BCUT2D eigenvalue weighted by Crippen LogP contribution is 2.21. The number of carbonyl (C=O) groups excluding carboxylic acids is 2. The Bertz CT molecular complexity index is 511. The Morgan fingerprint density at radius 3 is 2.58 bits per heavy atom. The summed E-state index contributed by atoms with van der Waals surface area (Å²) in [4.78, 5) is 32.9. The Labute approximate surface area is 109 Å². The maximum Gasteiger partial charge on any atom is 0.413 e. The summed E-state index contributed by atoms with van der Waals surface area (Å²) in [5, 5.41) is 10.8. The second kappa shape index (κ2) is 6.39. The van der Waals surface area contributed by atoms with Gasteiger partial charge in [0.1, 0.15) is 5.75 Å². The van der Waals surface area contributed by atoms with Crippen molar-refractivity contribution in [1.82, 2.24) is 5.32 Å². The van der Waals surface area contributed by atoms with Gasteiger partial charge in [0.05, 0.1) is 12.7 Å². The Morgan fingerprint density at radius 1 is 1.32 bits per heavy atom. The summed E-state index contributed by atoms with van der Waals surface area (Å²) in [5.74, 6) is -1.51. The van der Waals surface area contributed by atoms with E-state index in [1.54, 1.807) is 6.92 Å². The van der Waals surface area contributed by atoms with Crippen molar-refractivity contribution in [3.63, 3.8) is 0 Å². The minimum absolute atomic E-state index is 0.0888. The Balaban J connectivity index is 2.68. The van der Waals surface area contributed by atoms with Gasteiger partial charge in [-0.05, 0) is 19.1 Å². The molecule has 0 saturated carbocycles. The first-order valence-corrected chi connectivity index (χ1v) is 5.29. The van der Waals surface area contributed by atoms with Gasteiger partial charge in [-0.1, -0.05) is 6.07 Å². The molecular formula is C12H13NO6. The van der Waals surface area contributed by atoms with Crippen LogP contribution in [0.5, 0.6) is 5.75 Å². The third-order valence-electron chi connectivity index (χ3n) is 2.30. The van der Waals surface area contributed by atoms with Crippen LogP contribution in [0, 0.1) is 6.92 Å².